The van der Waals surface area contributed by atoms with Crippen LogP contribution in [0.4, 0.5) is 0 Å². The second kappa shape index (κ2) is 7.09. The molecule has 1 aromatic carbocycles. The summed E-state index contributed by atoms with van der Waals surface area (Å²) in [6, 6.07) is 9.54. The van der Waals surface area contributed by atoms with Gasteiger partial charge in [-0.2, -0.15) is 0 Å². The zero-order valence-electron chi connectivity index (χ0n) is 12.8. The highest BCUT2D eigenvalue weighted by molar-refractivity contribution is 5.30. The van der Waals surface area contributed by atoms with Gasteiger partial charge in [0.15, 0.2) is 0 Å². The molecular weight excluding hydrogens is 230 g/mol. The highest BCUT2D eigenvalue weighted by Crippen LogP contribution is 2.40. The Morgan fingerprint density at radius 3 is 2.58 bits per heavy atom. The van der Waals surface area contributed by atoms with Crippen molar-refractivity contribution in [2.24, 2.45) is 11.8 Å². The third kappa shape index (κ3) is 3.20. The Morgan fingerprint density at radius 2 is 1.89 bits per heavy atom. The molecule has 1 fully saturated rings. The molecule has 0 amide bonds. The SMILES string of the molecule is CCc1ccccc1C(NC)C1CCCCC1CC. The van der Waals surface area contributed by atoms with E-state index in [2.05, 4.69) is 50.5 Å². The summed E-state index contributed by atoms with van der Waals surface area (Å²) < 4.78 is 0. The summed E-state index contributed by atoms with van der Waals surface area (Å²) in [5, 5.41) is 3.63. The monoisotopic (exact) mass is 259 g/mol. The van der Waals surface area contributed by atoms with E-state index in [-0.39, 0.29) is 0 Å². The Labute approximate surface area is 118 Å². The first-order valence-electron chi connectivity index (χ1n) is 8.06. The van der Waals surface area contributed by atoms with Gasteiger partial charge in [-0.25, -0.2) is 0 Å². The lowest BCUT2D eigenvalue weighted by Crippen LogP contribution is -2.33. The Kier molecular flexibility index (Phi) is 5.45. The van der Waals surface area contributed by atoms with Crippen LogP contribution in [0.5, 0.6) is 0 Å². The van der Waals surface area contributed by atoms with Crippen molar-refractivity contribution >= 4 is 0 Å². The fourth-order valence-electron chi connectivity index (χ4n) is 3.94. The minimum atomic E-state index is 0.543. The smallest absolute Gasteiger partial charge is 0.0351 e. The summed E-state index contributed by atoms with van der Waals surface area (Å²) in [6.45, 7) is 4.63. The van der Waals surface area contributed by atoms with E-state index in [1.54, 1.807) is 0 Å². The van der Waals surface area contributed by atoms with Crippen molar-refractivity contribution in [3.63, 3.8) is 0 Å². The molecule has 0 spiro atoms. The number of hydrogen-bond donors (Lipinski definition) is 1. The van der Waals surface area contributed by atoms with E-state index >= 15 is 0 Å². The summed E-state index contributed by atoms with van der Waals surface area (Å²) in [7, 11) is 2.14. The van der Waals surface area contributed by atoms with Gasteiger partial charge in [0.1, 0.15) is 0 Å². The zero-order valence-corrected chi connectivity index (χ0v) is 12.8. The van der Waals surface area contributed by atoms with Crippen LogP contribution in [0, 0.1) is 11.8 Å². The lowest BCUT2D eigenvalue weighted by molar-refractivity contribution is 0.180. The number of nitrogens with one attached hydrogen (secondary N) is 1. The average molecular weight is 259 g/mol. The molecule has 0 bridgehead atoms. The molecule has 19 heavy (non-hydrogen) atoms. The maximum atomic E-state index is 3.63. The first kappa shape index (κ1) is 14.6. The second-order valence-corrected chi connectivity index (χ2v) is 5.94. The van der Waals surface area contributed by atoms with E-state index in [1.165, 1.54) is 43.2 Å². The van der Waals surface area contributed by atoms with Gasteiger partial charge in [0.2, 0.25) is 0 Å². The third-order valence-corrected chi connectivity index (χ3v) is 5.00. The normalized spacial score (nSPS) is 25.2. The molecule has 106 valence electrons. The van der Waals surface area contributed by atoms with Crippen LogP contribution in [-0.4, -0.2) is 7.05 Å². The number of benzene rings is 1. The van der Waals surface area contributed by atoms with Gasteiger partial charge in [0.25, 0.3) is 0 Å². The molecule has 1 aliphatic carbocycles. The Hall–Kier alpha value is -0.820. The molecule has 2 rings (SSSR count). The van der Waals surface area contributed by atoms with Gasteiger partial charge >= 0.3 is 0 Å². The maximum Gasteiger partial charge on any atom is 0.0351 e. The Balaban J connectivity index is 2.27. The fraction of sp³-hybridized carbons (Fsp3) is 0.667. The molecule has 1 nitrogen and oxygen atoms in total. The van der Waals surface area contributed by atoms with Gasteiger partial charge in [-0.1, -0.05) is 63.8 Å². The number of aryl methyl sites for hydroxylation is 1. The van der Waals surface area contributed by atoms with E-state index < -0.39 is 0 Å². The average Bonchev–Trinajstić information content (AvgIpc) is 2.49. The minimum absolute atomic E-state index is 0.543. The van der Waals surface area contributed by atoms with Crippen LogP contribution in [0.15, 0.2) is 24.3 Å². The summed E-state index contributed by atoms with van der Waals surface area (Å²) in [4.78, 5) is 0. The quantitative estimate of drug-likeness (QED) is 0.806. The molecule has 0 saturated heterocycles. The molecule has 3 atom stereocenters. The van der Waals surface area contributed by atoms with Crippen LogP contribution < -0.4 is 5.32 Å². The predicted molar refractivity (Wildman–Crippen MR) is 83.4 cm³/mol. The summed E-state index contributed by atoms with van der Waals surface area (Å²) in [5.74, 6) is 1.72. The van der Waals surface area contributed by atoms with Crippen LogP contribution in [0.1, 0.15) is 63.1 Å². The van der Waals surface area contributed by atoms with E-state index in [9.17, 15) is 0 Å². The minimum Gasteiger partial charge on any atom is -0.313 e. The molecule has 0 radical (unpaired) electrons. The van der Waals surface area contributed by atoms with Crippen molar-refractivity contribution in [1.82, 2.24) is 5.32 Å². The molecule has 3 unspecified atom stereocenters. The van der Waals surface area contributed by atoms with E-state index in [0.717, 1.165) is 18.3 Å². The van der Waals surface area contributed by atoms with Crippen LogP contribution in [0.3, 0.4) is 0 Å². The van der Waals surface area contributed by atoms with Crippen molar-refractivity contribution in [2.75, 3.05) is 7.05 Å². The maximum absolute atomic E-state index is 3.63. The zero-order chi connectivity index (χ0) is 13.7. The van der Waals surface area contributed by atoms with Gasteiger partial charge in [-0.3, -0.25) is 0 Å². The largest absolute Gasteiger partial charge is 0.313 e. The second-order valence-electron chi connectivity index (χ2n) is 5.94. The van der Waals surface area contributed by atoms with Gasteiger partial charge in [-0.15, -0.1) is 0 Å². The van der Waals surface area contributed by atoms with Crippen LogP contribution >= 0.6 is 0 Å². The summed E-state index contributed by atoms with van der Waals surface area (Å²) in [5.41, 5.74) is 3.06. The number of rotatable bonds is 5. The van der Waals surface area contributed by atoms with E-state index in [1.807, 2.05) is 0 Å². The van der Waals surface area contributed by atoms with Gasteiger partial charge in [0.05, 0.1) is 0 Å². The van der Waals surface area contributed by atoms with Crippen molar-refractivity contribution in [1.29, 1.82) is 0 Å². The van der Waals surface area contributed by atoms with Crippen LogP contribution in [0.2, 0.25) is 0 Å². The van der Waals surface area contributed by atoms with Crippen LogP contribution in [-0.2, 0) is 6.42 Å². The summed E-state index contributed by atoms with van der Waals surface area (Å²) >= 11 is 0. The van der Waals surface area contributed by atoms with Crippen molar-refractivity contribution in [2.45, 2.75) is 58.4 Å². The lowest BCUT2D eigenvalue weighted by atomic mass is 9.72. The molecular formula is C18H29N. The Bertz CT molecular complexity index is 385. The van der Waals surface area contributed by atoms with E-state index in [0.29, 0.717) is 6.04 Å². The molecule has 0 heterocycles. The van der Waals surface area contributed by atoms with Crippen LogP contribution in [0.25, 0.3) is 0 Å². The molecule has 1 N–H and O–H groups in total. The predicted octanol–water partition coefficient (Wildman–Crippen LogP) is 4.73. The van der Waals surface area contributed by atoms with Gasteiger partial charge in [-0.05, 0) is 42.9 Å². The fourth-order valence-corrected chi connectivity index (χ4v) is 3.94. The highest BCUT2D eigenvalue weighted by Gasteiger charge is 2.31. The van der Waals surface area contributed by atoms with Crippen molar-refractivity contribution in [3.05, 3.63) is 35.4 Å². The molecule has 0 aliphatic heterocycles. The first-order valence-corrected chi connectivity index (χ1v) is 8.06. The first-order chi connectivity index (χ1) is 9.31. The molecule has 1 aliphatic rings. The topological polar surface area (TPSA) is 12.0 Å². The van der Waals surface area contributed by atoms with Gasteiger partial charge in [0, 0.05) is 6.04 Å². The lowest BCUT2D eigenvalue weighted by Gasteiger charge is -2.37. The molecule has 1 saturated carbocycles. The Morgan fingerprint density at radius 1 is 1.16 bits per heavy atom. The molecule has 1 aromatic rings. The highest BCUT2D eigenvalue weighted by atomic mass is 14.9. The molecule has 0 aromatic heterocycles. The third-order valence-electron chi connectivity index (χ3n) is 5.00. The van der Waals surface area contributed by atoms with E-state index in [4.69, 9.17) is 0 Å². The van der Waals surface area contributed by atoms with Crippen molar-refractivity contribution < 1.29 is 0 Å². The van der Waals surface area contributed by atoms with Crippen molar-refractivity contribution in [3.8, 4) is 0 Å². The van der Waals surface area contributed by atoms with Gasteiger partial charge < -0.3 is 5.32 Å². The number of hydrogen-bond acceptors (Lipinski definition) is 1. The standard InChI is InChI=1S/C18H29N/c1-4-14-10-6-8-12-16(14)18(19-3)17-13-9-7-11-15(17)5-2/h6,8,10,12,15,17-19H,4-5,7,9,11,13H2,1-3H3. The molecule has 1 heteroatoms. The summed E-state index contributed by atoms with van der Waals surface area (Å²) in [6.07, 6.45) is 8.12.